The maximum atomic E-state index is 13.6. The van der Waals surface area contributed by atoms with Crippen LogP contribution >= 0.6 is 27.5 Å². The number of hydrogen-bond acceptors (Lipinski definition) is 1. The van der Waals surface area contributed by atoms with E-state index < -0.39 is 23.0 Å². The monoisotopic (exact) mass is 330 g/mol. The summed E-state index contributed by atoms with van der Waals surface area (Å²) in [5, 5.41) is 0.448. The first-order chi connectivity index (χ1) is 8.49. The Balaban J connectivity index is 2.49. The molecule has 0 aliphatic heterocycles. The van der Waals surface area contributed by atoms with Crippen LogP contribution in [0.25, 0.3) is 0 Å². The maximum absolute atomic E-state index is 13.6. The third kappa shape index (κ3) is 2.60. The third-order valence-corrected chi connectivity index (χ3v) is 3.05. The van der Waals surface area contributed by atoms with Gasteiger partial charge in [0.2, 0.25) is 0 Å². The summed E-state index contributed by atoms with van der Waals surface area (Å²) in [5.74, 6) is -2.52. The molecular formula is C13H6BrClF2O. The fourth-order valence-corrected chi connectivity index (χ4v) is 2.03. The van der Waals surface area contributed by atoms with Gasteiger partial charge in [-0.25, -0.2) is 8.78 Å². The first kappa shape index (κ1) is 13.2. The molecule has 0 saturated carbocycles. The standard InChI is InChI=1S/C13H6BrClF2O/c14-8-5-10(16)12(11(17)6-8)13(18)7-1-3-9(15)4-2-7/h1-6H. The molecule has 0 radical (unpaired) electrons. The van der Waals surface area contributed by atoms with E-state index in [-0.39, 0.29) is 10.0 Å². The molecule has 2 rings (SSSR count). The number of carbonyl (C=O) groups excluding carboxylic acids is 1. The summed E-state index contributed by atoms with van der Waals surface area (Å²) in [4.78, 5) is 12.0. The lowest BCUT2D eigenvalue weighted by molar-refractivity contribution is 0.103. The minimum atomic E-state index is -0.901. The number of rotatable bonds is 2. The average Bonchev–Trinajstić information content (AvgIpc) is 2.28. The molecule has 5 heteroatoms. The van der Waals surface area contributed by atoms with Gasteiger partial charge in [-0.3, -0.25) is 4.79 Å². The molecular weight excluding hydrogens is 325 g/mol. The topological polar surface area (TPSA) is 17.1 Å². The van der Waals surface area contributed by atoms with Crippen molar-refractivity contribution in [2.75, 3.05) is 0 Å². The summed E-state index contributed by atoms with van der Waals surface area (Å²) in [6.07, 6.45) is 0. The predicted molar refractivity (Wildman–Crippen MR) is 68.9 cm³/mol. The van der Waals surface area contributed by atoms with E-state index in [2.05, 4.69) is 15.9 Å². The zero-order valence-corrected chi connectivity index (χ0v) is 11.2. The molecule has 0 saturated heterocycles. The van der Waals surface area contributed by atoms with E-state index in [9.17, 15) is 13.6 Å². The normalized spacial score (nSPS) is 10.4. The molecule has 0 spiro atoms. The van der Waals surface area contributed by atoms with Crippen molar-refractivity contribution >= 4 is 33.3 Å². The van der Waals surface area contributed by atoms with E-state index in [1.807, 2.05) is 0 Å². The second-order valence-corrected chi connectivity index (χ2v) is 4.93. The summed E-state index contributed by atoms with van der Waals surface area (Å²) in [6.45, 7) is 0. The molecule has 2 aromatic rings. The molecule has 0 amide bonds. The van der Waals surface area contributed by atoms with Crippen molar-refractivity contribution in [1.82, 2.24) is 0 Å². The largest absolute Gasteiger partial charge is 0.288 e. The fraction of sp³-hybridized carbons (Fsp3) is 0. The van der Waals surface area contributed by atoms with Gasteiger partial charge < -0.3 is 0 Å². The zero-order chi connectivity index (χ0) is 13.3. The first-order valence-electron chi connectivity index (χ1n) is 4.94. The molecule has 0 fully saturated rings. The van der Waals surface area contributed by atoms with Gasteiger partial charge in [0.15, 0.2) is 5.78 Å². The van der Waals surface area contributed by atoms with Crippen LogP contribution in [0.2, 0.25) is 5.02 Å². The Morgan fingerprint density at radius 2 is 1.56 bits per heavy atom. The summed E-state index contributed by atoms with van der Waals surface area (Å²) >= 11 is 8.63. The SMILES string of the molecule is O=C(c1ccc(Cl)cc1)c1c(F)cc(Br)cc1F. The Kier molecular flexibility index (Phi) is 3.78. The molecule has 1 nitrogen and oxygen atoms in total. The molecule has 0 atom stereocenters. The van der Waals surface area contributed by atoms with Gasteiger partial charge in [-0.15, -0.1) is 0 Å². The van der Waals surface area contributed by atoms with Crippen molar-refractivity contribution in [1.29, 1.82) is 0 Å². The molecule has 0 aromatic heterocycles. The van der Waals surface area contributed by atoms with Crippen molar-refractivity contribution in [2.45, 2.75) is 0 Å². The number of ketones is 1. The summed E-state index contributed by atoms with van der Waals surface area (Å²) in [6, 6.07) is 7.92. The van der Waals surface area contributed by atoms with Crippen LogP contribution < -0.4 is 0 Å². The highest BCUT2D eigenvalue weighted by molar-refractivity contribution is 9.10. The Morgan fingerprint density at radius 1 is 1.06 bits per heavy atom. The summed E-state index contributed by atoms with van der Waals surface area (Å²) in [5.41, 5.74) is -0.389. The number of benzene rings is 2. The Bertz CT molecular complexity index is 588. The number of carbonyl (C=O) groups is 1. The van der Waals surface area contributed by atoms with Crippen molar-refractivity contribution in [2.24, 2.45) is 0 Å². The Morgan fingerprint density at radius 3 is 2.06 bits per heavy atom. The van der Waals surface area contributed by atoms with Crippen molar-refractivity contribution in [3.05, 3.63) is 68.7 Å². The van der Waals surface area contributed by atoms with Gasteiger partial charge in [-0.1, -0.05) is 27.5 Å². The van der Waals surface area contributed by atoms with Crippen LogP contribution in [0.1, 0.15) is 15.9 Å². The highest BCUT2D eigenvalue weighted by Gasteiger charge is 2.19. The molecule has 18 heavy (non-hydrogen) atoms. The van der Waals surface area contributed by atoms with Gasteiger partial charge in [0, 0.05) is 15.1 Å². The molecule has 0 N–H and O–H groups in total. The van der Waals surface area contributed by atoms with Crippen LogP contribution in [0.3, 0.4) is 0 Å². The van der Waals surface area contributed by atoms with Crippen molar-refractivity contribution in [3.8, 4) is 0 Å². The quantitative estimate of drug-likeness (QED) is 0.734. The fourth-order valence-electron chi connectivity index (χ4n) is 1.50. The number of hydrogen-bond donors (Lipinski definition) is 0. The van der Waals surface area contributed by atoms with Gasteiger partial charge in [-0.2, -0.15) is 0 Å². The van der Waals surface area contributed by atoms with E-state index in [1.165, 1.54) is 24.3 Å². The minimum absolute atomic E-state index is 0.180. The highest BCUT2D eigenvalue weighted by atomic mass is 79.9. The van der Waals surface area contributed by atoms with E-state index in [0.29, 0.717) is 5.02 Å². The van der Waals surface area contributed by atoms with Gasteiger partial charge in [0.25, 0.3) is 0 Å². The average molecular weight is 332 g/mol. The van der Waals surface area contributed by atoms with Crippen LogP contribution in [0.5, 0.6) is 0 Å². The van der Waals surface area contributed by atoms with E-state index in [1.54, 1.807) is 0 Å². The molecule has 2 aromatic carbocycles. The molecule has 0 aliphatic rings. The van der Waals surface area contributed by atoms with Crippen LogP contribution in [-0.2, 0) is 0 Å². The molecule has 0 aliphatic carbocycles. The smallest absolute Gasteiger partial charge is 0.198 e. The van der Waals surface area contributed by atoms with E-state index in [4.69, 9.17) is 11.6 Å². The molecule has 0 heterocycles. The van der Waals surface area contributed by atoms with Crippen LogP contribution in [-0.4, -0.2) is 5.78 Å². The minimum Gasteiger partial charge on any atom is -0.288 e. The Labute approximate surface area is 116 Å². The number of halogens is 4. The zero-order valence-electron chi connectivity index (χ0n) is 8.88. The maximum Gasteiger partial charge on any atom is 0.198 e. The molecule has 0 bridgehead atoms. The van der Waals surface area contributed by atoms with Crippen LogP contribution in [0.4, 0.5) is 8.78 Å². The van der Waals surface area contributed by atoms with E-state index >= 15 is 0 Å². The van der Waals surface area contributed by atoms with E-state index in [0.717, 1.165) is 12.1 Å². The second kappa shape index (κ2) is 5.16. The van der Waals surface area contributed by atoms with Crippen molar-refractivity contribution < 1.29 is 13.6 Å². The van der Waals surface area contributed by atoms with Gasteiger partial charge in [0.05, 0.1) is 5.56 Å². The van der Waals surface area contributed by atoms with Crippen LogP contribution in [0.15, 0.2) is 40.9 Å². The summed E-state index contributed by atoms with van der Waals surface area (Å²) in [7, 11) is 0. The van der Waals surface area contributed by atoms with Crippen molar-refractivity contribution in [3.63, 3.8) is 0 Å². The molecule has 92 valence electrons. The summed E-state index contributed by atoms with van der Waals surface area (Å²) < 4.78 is 27.5. The lowest BCUT2D eigenvalue weighted by Gasteiger charge is -2.05. The lowest BCUT2D eigenvalue weighted by Crippen LogP contribution is -2.07. The third-order valence-electron chi connectivity index (χ3n) is 2.34. The lowest BCUT2D eigenvalue weighted by atomic mass is 10.0. The van der Waals surface area contributed by atoms with Gasteiger partial charge in [-0.05, 0) is 36.4 Å². The highest BCUT2D eigenvalue weighted by Crippen LogP contribution is 2.22. The molecule has 0 unspecified atom stereocenters. The van der Waals surface area contributed by atoms with Gasteiger partial charge >= 0.3 is 0 Å². The Hall–Kier alpha value is -1.26. The van der Waals surface area contributed by atoms with Crippen LogP contribution in [0, 0.1) is 11.6 Å². The van der Waals surface area contributed by atoms with Gasteiger partial charge in [0.1, 0.15) is 11.6 Å². The predicted octanol–water partition coefficient (Wildman–Crippen LogP) is 4.61. The second-order valence-electron chi connectivity index (χ2n) is 3.58. The first-order valence-corrected chi connectivity index (χ1v) is 6.11.